The molecule has 0 radical (unpaired) electrons. The number of carbonyl (C=O) groups is 2. The summed E-state index contributed by atoms with van der Waals surface area (Å²) in [5, 5.41) is 5.91. The molecule has 1 amide bonds. The van der Waals surface area contributed by atoms with E-state index in [0.717, 1.165) is 19.4 Å². The lowest BCUT2D eigenvalue weighted by molar-refractivity contribution is -0.145. The lowest BCUT2D eigenvalue weighted by Gasteiger charge is -2.24. The number of nitrogens with one attached hydrogen (secondary N) is 2. The number of esters is 1. The van der Waals surface area contributed by atoms with Gasteiger partial charge in [0.05, 0.1) is 13.0 Å². The first-order valence-electron chi connectivity index (χ1n) is 5.78. The molecule has 5 nitrogen and oxygen atoms in total. The highest BCUT2D eigenvalue weighted by atomic mass is 16.5. The van der Waals surface area contributed by atoms with Gasteiger partial charge < -0.3 is 15.4 Å². The molecule has 1 unspecified atom stereocenters. The van der Waals surface area contributed by atoms with Crippen LogP contribution < -0.4 is 10.6 Å². The van der Waals surface area contributed by atoms with Gasteiger partial charge in [-0.05, 0) is 25.8 Å². The number of carbonyl (C=O) groups excluding carboxylic acids is 2. The second kappa shape index (κ2) is 6.48. The summed E-state index contributed by atoms with van der Waals surface area (Å²) in [5.41, 5.74) is 0. The van der Waals surface area contributed by atoms with Crippen molar-refractivity contribution >= 4 is 11.9 Å². The molecule has 0 bridgehead atoms. The van der Waals surface area contributed by atoms with E-state index >= 15 is 0 Å². The van der Waals surface area contributed by atoms with Gasteiger partial charge in [0.2, 0.25) is 5.91 Å². The van der Waals surface area contributed by atoms with Gasteiger partial charge in [0.25, 0.3) is 0 Å². The molecule has 1 fully saturated rings. The van der Waals surface area contributed by atoms with Crippen LogP contribution in [0.3, 0.4) is 0 Å². The van der Waals surface area contributed by atoms with E-state index in [1.807, 2.05) is 6.92 Å². The standard InChI is InChI=1S/C11H20N2O3/c1-3-9(11(15)16-2)13-10(14)8-5-4-6-12-7-8/h8-9,12H,3-7H2,1-2H3,(H,13,14)/t8-,9?/m1/s1. The van der Waals surface area contributed by atoms with E-state index in [0.29, 0.717) is 13.0 Å². The molecule has 1 heterocycles. The van der Waals surface area contributed by atoms with Crippen LogP contribution in [0.5, 0.6) is 0 Å². The summed E-state index contributed by atoms with van der Waals surface area (Å²) in [4.78, 5) is 23.1. The van der Waals surface area contributed by atoms with E-state index < -0.39 is 6.04 Å². The van der Waals surface area contributed by atoms with Crippen LogP contribution in [0.4, 0.5) is 0 Å². The Hall–Kier alpha value is -1.10. The van der Waals surface area contributed by atoms with Crippen LogP contribution in [0.15, 0.2) is 0 Å². The van der Waals surface area contributed by atoms with Crippen LogP contribution >= 0.6 is 0 Å². The summed E-state index contributed by atoms with van der Waals surface area (Å²) in [6.45, 7) is 3.52. The van der Waals surface area contributed by atoms with Crippen LogP contribution in [-0.2, 0) is 14.3 Å². The van der Waals surface area contributed by atoms with Crippen LogP contribution in [0.1, 0.15) is 26.2 Å². The SMILES string of the molecule is CCC(NC(=O)[C@@H]1CCCNC1)C(=O)OC. The van der Waals surface area contributed by atoms with Crippen molar-refractivity contribution in [2.24, 2.45) is 5.92 Å². The Kier molecular flexibility index (Phi) is 5.25. The first kappa shape index (κ1) is 13.0. The fourth-order valence-electron chi connectivity index (χ4n) is 1.84. The number of hydrogen-bond acceptors (Lipinski definition) is 4. The molecule has 1 rings (SSSR count). The molecule has 0 aromatic rings. The smallest absolute Gasteiger partial charge is 0.328 e. The maximum atomic E-state index is 11.8. The molecule has 0 aliphatic carbocycles. The number of hydrogen-bond donors (Lipinski definition) is 2. The Morgan fingerprint density at radius 3 is 2.81 bits per heavy atom. The summed E-state index contributed by atoms with van der Waals surface area (Å²) >= 11 is 0. The number of methoxy groups -OCH3 is 1. The number of amides is 1. The van der Waals surface area contributed by atoms with Gasteiger partial charge in [0.15, 0.2) is 0 Å². The maximum absolute atomic E-state index is 11.8. The molecule has 0 spiro atoms. The topological polar surface area (TPSA) is 67.4 Å². The highest BCUT2D eigenvalue weighted by Gasteiger charge is 2.25. The van der Waals surface area contributed by atoms with Crippen LogP contribution in [0.25, 0.3) is 0 Å². The molecule has 0 saturated carbocycles. The summed E-state index contributed by atoms with van der Waals surface area (Å²) in [7, 11) is 1.33. The summed E-state index contributed by atoms with van der Waals surface area (Å²) in [5.74, 6) is -0.448. The fourth-order valence-corrected chi connectivity index (χ4v) is 1.84. The van der Waals surface area contributed by atoms with Gasteiger partial charge in [0, 0.05) is 6.54 Å². The molecule has 2 atom stereocenters. The van der Waals surface area contributed by atoms with Crippen molar-refractivity contribution in [2.75, 3.05) is 20.2 Å². The van der Waals surface area contributed by atoms with Crippen LogP contribution in [0, 0.1) is 5.92 Å². The van der Waals surface area contributed by atoms with Crippen molar-refractivity contribution in [3.63, 3.8) is 0 Å². The lowest BCUT2D eigenvalue weighted by atomic mass is 9.98. The third-order valence-corrected chi connectivity index (χ3v) is 2.88. The molecular weight excluding hydrogens is 208 g/mol. The van der Waals surface area contributed by atoms with E-state index in [4.69, 9.17) is 0 Å². The van der Waals surface area contributed by atoms with E-state index in [2.05, 4.69) is 15.4 Å². The first-order valence-corrected chi connectivity index (χ1v) is 5.78. The highest BCUT2D eigenvalue weighted by Crippen LogP contribution is 2.10. The van der Waals surface area contributed by atoms with Crippen LogP contribution in [-0.4, -0.2) is 38.1 Å². The van der Waals surface area contributed by atoms with Gasteiger partial charge in [-0.15, -0.1) is 0 Å². The molecule has 1 saturated heterocycles. The predicted octanol–water partition coefficient (Wildman–Crippen LogP) is 0.0538. The van der Waals surface area contributed by atoms with Gasteiger partial charge in [0.1, 0.15) is 6.04 Å². The Morgan fingerprint density at radius 1 is 1.56 bits per heavy atom. The highest BCUT2D eigenvalue weighted by molar-refractivity contribution is 5.85. The molecule has 2 N–H and O–H groups in total. The molecule has 1 aliphatic heterocycles. The number of rotatable bonds is 4. The number of ether oxygens (including phenoxy) is 1. The van der Waals surface area contributed by atoms with E-state index in [9.17, 15) is 9.59 Å². The maximum Gasteiger partial charge on any atom is 0.328 e. The Bertz CT molecular complexity index is 250. The van der Waals surface area contributed by atoms with E-state index in [1.165, 1.54) is 7.11 Å². The van der Waals surface area contributed by atoms with Crippen molar-refractivity contribution in [2.45, 2.75) is 32.2 Å². The average Bonchev–Trinajstić information content (AvgIpc) is 2.35. The molecule has 92 valence electrons. The summed E-state index contributed by atoms with van der Waals surface area (Å²) < 4.78 is 4.62. The number of piperidine rings is 1. The van der Waals surface area contributed by atoms with Crippen molar-refractivity contribution in [3.05, 3.63) is 0 Å². The van der Waals surface area contributed by atoms with Crippen LogP contribution in [0.2, 0.25) is 0 Å². The lowest BCUT2D eigenvalue weighted by Crippen LogP contribution is -2.47. The Morgan fingerprint density at radius 2 is 2.31 bits per heavy atom. The third kappa shape index (κ3) is 3.48. The Balaban J connectivity index is 2.44. The molecule has 0 aromatic carbocycles. The van der Waals surface area contributed by atoms with Gasteiger partial charge in [-0.25, -0.2) is 4.79 Å². The predicted molar refractivity (Wildman–Crippen MR) is 59.8 cm³/mol. The van der Waals surface area contributed by atoms with Gasteiger partial charge >= 0.3 is 5.97 Å². The van der Waals surface area contributed by atoms with Gasteiger partial charge in [-0.3, -0.25) is 4.79 Å². The zero-order valence-corrected chi connectivity index (χ0v) is 9.91. The second-order valence-corrected chi connectivity index (χ2v) is 4.04. The van der Waals surface area contributed by atoms with Crippen molar-refractivity contribution < 1.29 is 14.3 Å². The minimum atomic E-state index is -0.514. The molecule has 5 heteroatoms. The molecular formula is C11H20N2O3. The normalized spacial score (nSPS) is 22.2. The van der Waals surface area contributed by atoms with Crippen molar-refractivity contribution in [1.29, 1.82) is 0 Å². The largest absolute Gasteiger partial charge is 0.467 e. The summed E-state index contributed by atoms with van der Waals surface area (Å²) in [6, 6.07) is -0.514. The zero-order chi connectivity index (χ0) is 12.0. The monoisotopic (exact) mass is 228 g/mol. The fraction of sp³-hybridized carbons (Fsp3) is 0.818. The second-order valence-electron chi connectivity index (χ2n) is 4.04. The van der Waals surface area contributed by atoms with E-state index in [-0.39, 0.29) is 17.8 Å². The third-order valence-electron chi connectivity index (χ3n) is 2.88. The zero-order valence-electron chi connectivity index (χ0n) is 9.91. The van der Waals surface area contributed by atoms with Crippen molar-refractivity contribution in [1.82, 2.24) is 10.6 Å². The molecule has 1 aliphatic rings. The van der Waals surface area contributed by atoms with Gasteiger partial charge in [-0.2, -0.15) is 0 Å². The van der Waals surface area contributed by atoms with Crippen molar-refractivity contribution in [3.8, 4) is 0 Å². The van der Waals surface area contributed by atoms with Gasteiger partial charge in [-0.1, -0.05) is 6.92 Å². The minimum Gasteiger partial charge on any atom is -0.467 e. The van der Waals surface area contributed by atoms with E-state index in [1.54, 1.807) is 0 Å². The average molecular weight is 228 g/mol. The molecule has 16 heavy (non-hydrogen) atoms. The first-order chi connectivity index (χ1) is 7.69. The summed E-state index contributed by atoms with van der Waals surface area (Å²) in [6.07, 6.45) is 2.45. The minimum absolute atomic E-state index is 0.0209. The molecule has 0 aromatic heterocycles. The quantitative estimate of drug-likeness (QED) is 0.667. The Labute approximate surface area is 95.9 Å².